The van der Waals surface area contributed by atoms with Crippen molar-refractivity contribution in [3.8, 4) is 0 Å². The highest BCUT2D eigenvalue weighted by atomic mass is 16.3. The summed E-state index contributed by atoms with van der Waals surface area (Å²) >= 11 is 0. The summed E-state index contributed by atoms with van der Waals surface area (Å²) in [7, 11) is 0. The highest BCUT2D eigenvalue weighted by molar-refractivity contribution is 5.45. The van der Waals surface area contributed by atoms with Crippen molar-refractivity contribution in [2.75, 3.05) is 54.4 Å². The topological polar surface area (TPSA) is 77.4 Å². The van der Waals surface area contributed by atoms with Gasteiger partial charge in [0.1, 0.15) is 0 Å². The van der Waals surface area contributed by atoms with Crippen LogP contribution in [0.3, 0.4) is 0 Å². The van der Waals surface area contributed by atoms with Crippen molar-refractivity contribution < 1.29 is 5.11 Å². The summed E-state index contributed by atoms with van der Waals surface area (Å²) in [5.41, 5.74) is 0. The van der Waals surface area contributed by atoms with Crippen LogP contribution in [0.15, 0.2) is 0 Å². The van der Waals surface area contributed by atoms with E-state index in [1.165, 1.54) is 0 Å². The van der Waals surface area contributed by atoms with E-state index in [4.69, 9.17) is 20.1 Å². The second-order valence-corrected chi connectivity index (χ2v) is 7.65. The Balaban J connectivity index is 3.18. The van der Waals surface area contributed by atoms with Gasteiger partial charge in [0.25, 0.3) is 0 Å². The van der Waals surface area contributed by atoms with E-state index in [9.17, 15) is 0 Å². The first-order valence-corrected chi connectivity index (χ1v) is 11.8. The Morgan fingerprint density at radius 3 is 1.41 bits per heavy atom. The smallest absolute Gasteiger partial charge is 0.231 e. The third-order valence-corrected chi connectivity index (χ3v) is 4.92. The Labute approximate surface area is 178 Å². The zero-order valence-electron chi connectivity index (χ0n) is 19.3. The molecule has 0 aromatic carbocycles. The number of unbranched alkanes of at least 4 members (excludes halogenated alkanes) is 4. The van der Waals surface area contributed by atoms with Crippen LogP contribution in [0.25, 0.3) is 0 Å². The molecule has 1 aromatic heterocycles. The fourth-order valence-electron chi connectivity index (χ4n) is 3.01. The highest BCUT2D eigenvalue weighted by Gasteiger charge is 2.17. The molecule has 0 aliphatic heterocycles. The van der Waals surface area contributed by atoms with Gasteiger partial charge in [0, 0.05) is 39.3 Å². The first-order valence-electron chi connectivity index (χ1n) is 11.8. The number of hydrogen-bond donors (Lipinski definition) is 2. The number of aliphatic hydroxyl groups excluding tert-OH is 1. The number of anilines is 3. The van der Waals surface area contributed by atoms with Crippen molar-refractivity contribution in [2.45, 2.75) is 85.5 Å². The van der Waals surface area contributed by atoms with Gasteiger partial charge in [0.2, 0.25) is 17.8 Å². The Hall–Kier alpha value is -1.63. The lowest BCUT2D eigenvalue weighted by Crippen LogP contribution is -2.32. The first kappa shape index (κ1) is 25.4. The van der Waals surface area contributed by atoms with Crippen molar-refractivity contribution in [3.63, 3.8) is 0 Å². The SMILES string of the molecule is CCCCN(CCCC)c1nc(NCCCO)nc(N(CCCC)CCCC)n1. The number of aromatic nitrogens is 3. The monoisotopic (exact) mass is 408 g/mol. The van der Waals surface area contributed by atoms with E-state index in [1.54, 1.807) is 0 Å². The first-order chi connectivity index (χ1) is 14.2. The summed E-state index contributed by atoms with van der Waals surface area (Å²) in [4.78, 5) is 19.0. The fourth-order valence-corrected chi connectivity index (χ4v) is 3.01. The maximum Gasteiger partial charge on any atom is 0.231 e. The summed E-state index contributed by atoms with van der Waals surface area (Å²) in [5.74, 6) is 2.18. The Morgan fingerprint density at radius 1 is 0.655 bits per heavy atom. The largest absolute Gasteiger partial charge is 0.396 e. The van der Waals surface area contributed by atoms with Crippen molar-refractivity contribution in [3.05, 3.63) is 0 Å². The lowest BCUT2D eigenvalue weighted by atomic mass is 10.2. The standard InChI is InChI=1S/C22H44N6O/c1-5-9-15-27(16-10-6-2)21-24-20(23-14-13-19-29)25-22(26-21)28(17-11-7-3)18-12-8-4/h29H,5-19H2,1-4H3,(H,23,24,25,26). The van der Waals surface area contributed by atoms with E-state index in [2.05, 4.69) is 42.8 Å². The van der Waals surface area contributed by atoms with Crippen molar-refractivity contribution in [1.29, 1.82) is 0 Å². The molecule has 0 atom stereocenters. The molecule has 0 aliphatic carbocycles. The molecule has 0 bridgehead atoms. The van der Waals surface area contributed by atoms with E-state index in [0.717, 1.165) is 89.4 Å². The molecule has 29 heavy (non-hydrogen) atoms. The van der Waals surface area contributed by atoms with Crippen molar-refractivity contribution in [2.24, 2.45) is 0 Å². The van der Waals surface area contributed by atoms with E-state index in [0.29, 0.717) is 18.9 Å². The predicted molar refractivity (Wildman–Crippen MR) is 124 cm³/mol. The molecule has 1 heterocycles. The Kier molecular flexibility index (Phi) is 14.2. The third-order valence-electron chi connectivity index (χ3n) is 4.92. The maximum atomic E-state index is 9.11. The van der Waals surface area contributed by atoms with E-state index in [-0.39, 0.29) is 6.61 Å². The quantitative estimate of drug-likeness (QED) is 0.347. The van der Waals surface area contributed by atoms with E-state index in [1.807, 2.05) is 0 Å². The molecule has 0 amide bonds. The molecule has 7 nitrogen and oxygen atoms in total. The van der Waals surface area contributed by atoms with Gasteiger partial charge in [-0.05, 0) is 32.1 Å². The molecule has 0 spiro atoms. The minimum atomic E-state index is 0.163. The van der Waals surface area contributed by atoms with E-state index < -0.39 is 0 Å². The number of nitrogens with zero attached hydrogens (tertiary/aromatic N) is 5. The zero-order valence-corrected chi connectivity index (χ0v) is 19.3. The van der Waals surface area contributed by atoms with Gasteiger partial charge < -0.3 is 20.2 Å². The number of hydrogen-bond acceptors (Lipinski definition) is 7. The molecule has 7 heteroatoms. The lowest BCUT2D eigenvalue weighted by Gasteiger charge is -2.26. The van der Waals surface area contributed by atoms with Gasteiger partial charge in [-0.15, -0.1) is 0 Å². The second kappa shape index (κ2) is 16.2. The molecule has 0 radical (unpaired) electrons. The number of rotatable bonds is 18. The molecule has 2 N–H and O–H groups in total. The molecule has 1 rings (SSSR count). The Morgan fingerprint density at radius 2 is 1.07 bits per heavy atom. The predicted octanol–water partition coefficient (Wildman–Crippen LogP) is 4.48. The average molecular weight is 409 g/mol. The molecular formula is C22H44N6O. The molecular weight excluding hydrogens is 364 g/mol. The molecule has 0 saturated heterocycles. The summed E-state index contributed by atoms with van der Waals surface area (Å²) in [5, 5.41) is 12.4. The fraction of sp³-hybridized carbons (Fsp3) is 0.864. The van der Waals surface area contributed by atoms with Crippen LogP contribution in [0, 0.1) is 0 Å². The van der Waals surface area contributed by atoms with Crippen molar-refractivity contribution >= 4 is 17.8 Å². The molecule has 1 aromatic rings. The van der Waals surface area contributed by atoms with Gasteiger partial charge in [0.15, 0.2) is 0 Å². The van der Waals surface area contributed by atoms with Gasteiger partial charge >= 0.3 is 0 Å². The minimum Gasteiger partial charge on any atom is -0.396 e. The minimum absolute atomic E-state index is 0.163. The van der Waals surface area contributed by atoms with Gasteiger partial charge in [-0.1, -0.05) is 53.4 Å². The summed E-state index contributed by atoms with van der Waals surface area (Å²) in [6.45, 7) is 13.6. The lowest BCUT2D eigenvalue weighted by molar-refractivity contribution is 0.292. The van der Waals surface area contributed by atoms with Crippen molar-refractivity contribution in [1.82, 2.24) is 15.0 Å². The van der Waals surface area contributed by atoms with Crippen LogP contribution in [-0.2, 0) is 0 Å². The Bertz CT molecular complexity index is 474. The molecule has 0 saturated carbocycles. The molecule has 0 unspecified atom stereocenters. The average Bonchev–Trinajstić information content (AvgIpc) is 2.74. The summed E-state index contributed by atoms with van der Waals surface area (Å²) in [6.07, 6.45) is 9.83. The molecule has 0 fully saturated rings. The van der Waals surface area contributed by atoms with Crippen LogP contribution in [0.1, 0.15) is 85.5 Å². The van der Waals surface area contributed by atoms with Gasteiger partial charge in [-0.2, -0.15) is 15.0 Å². The summed E-state index contributed by atoms with van der Waals surface area (Å²) in [6, 6.07) is 0. The van der Waals surface area contributed by atoms with E-state index >= 15 is 0 Å². The highest BCUT2D eigenvalue weighted by Crippen LogP contribution is 2.19. The normalized spacial score (nSPS) is 10.9. The van der Waals surface area contributed by atoms with Crippen LogP contribution in [-0.4, -0.2) is 59.4 Å². The van der Waals surface area contributed by atoms with Gasteiger partial charge in [-0.3, -0.25) is 0 Å². The van der Waals surface area contributed by atoms with Gasteiger partial charge in [0.05, 0.1) is 0 Å². The third kappa shape index (κ3) is 10.1. The molecule has 0 aliphatic rings. The van der Waals surface area contributed by atoms with Gasteiger partial charge in [-0.25, -0.2) is 0 Å². The maximum absolute atomic E-state index is 9.11. The van der Waals surface area contributed by atoms with Crippen LogP contribution in [0.4, 0.5) is 17.8 Å². The second-order valence-electron chi connectivity index (χ2n) is 7.65. The molecule has 168 valence electrons. The van der Waals surface area contributed by atoms with Crippen LogP contribution < -0.4 is 15.1 Å². The van der Waals surface area contributed by atoms with Crippen LogP contribution in [0.2, 0.25) is 0 Å². The number of nitrogens with one attached hydrogen (secondary N) is 1. The van der Waals surface area contributed by atoms with Crippen LogP contribution >= 0.6 is 0 Å². The number of aliphatic hydroxyl groups is 1. The van der Waals surface area contributed by atoms with Crippen LogP contribution in [0.5, 0.6) is 0 Å². The zero-order chi connectivity index (χ0) is 21.3. The summed E-state index contributed by atoms with van der Waals surface area (Å²) < 4.78 is 0.